The fourth-order valence-electron chi connectivity index (χ4n) is 3.13. The van der Waals surface area contributed by atoms with E-state index < -0.39 is 0 Å². The third kappa shape index (κ3) is 3.53. The Kier molecular flexibility index (Phi) is 4.20. The largest absolute Gasteiger partial charge is 0.454 e. The minimum Gasteiger partial charge on any atom is -0.454 e. The number of aryl methyl sites for hydroxylation is 2. The molecule has 0 radical (unpaired) electrons. The third-order valence-corrected chi connectivity index (χ3v) is 4.66. The lowest BCUT2D eigenvalue weighted by Crippen LogP contribution is -2.40. The molecule has 1 atom stereocenters. The van der Waals surface area contributed by atoms with Gasteiger partial charge in [-0.25, -0.2) is 4.98 Å². The molecule has 7 nitrogen and oxygen atoms in total. The van der Waals surface area contributed by atoms with Crippen molar-refractivity contribution in [1.29, 1.82) is 0 Å². The molecule has 0 bridgehead atoms. The van der Waals surface area contributed by atoms with Crippen LogP contribution in [-0.4, -0.2) is 31.3 Å². The molecule has 1 aliphatic rings. The second-order valence-corrected chi connectivity index (χ2v) is 7.20. The topological polar surface area (TPSA) is 77.9 Å². The van der Waals surface area contributed by atoms with Crippen molar-refractivity contribution in [3.63, 3.8) is 0 Å². The van der Waals surface area contributed by atoms with Crippen LogP contribution in [-0.2, 0) is 19.5 Å². The van der Waals surface area contributed by atoms with E-state index in [9.17, 15) is 4.79 Å². The standard InChI is InChI=1S/C17H18BrN5O2/c1-11-7-22-9-13(2-5-16(22)20-11)21-17(24)15-4-3-14(25-15)10-23-8-12(18)6-19-23/h3-4,6-8,13H,2,5,9-10H2,1H3,(H,21,24). The number of nitrogens with one attached hydrogen (secondary N) is 1. The summed E-state index contributed by atoms with van der Waals surface area (Å²) in [5.41, 5.74) is 1.02. The Morgan fingerprint density at radius 2 is 2.32 bits per heavy atom. The lowest BCUT2D eigenvalue weighted by atomic mass is 10.1. The number of furan rings is 1. The van der Waals surface area contributed by atoms with Gasteiger partial charge in [0.2, 0.25) is 0 Å². The first-order valence-corrected chi connectivity index (χ1v) is 8.96. The highest BCUT2D eigenvalue weighted by Gasteiger charge is 2.22. The van der Waals surface area contributed by atoms with Crippen molar-refractivity contribution in [3.05, 3.63) is 58.2 Å². The summed E-state index contributed by atoms with van der Waals surface area (Å²) in [6, 6.07) is 3.60. The zero-order valence-electron chi connectivity index (χ0n) is 13.8. The molecule has 0 aromatic carbocycles. The fourth-order valence-corrected chi connectivity index (χ4v) is 3.46. The van der Waals surface area contributed by atoms with Crippen LogP contribution in [0.4, 0.5) is 0 Å². The van der Waals surface area contributed by atoms with E-state index in [1.54, 1.807) is 16.9 Å². The van der Waals surface area contributed by atoms with Crippen molar-refractivity contribution in [2.45, 2.75) is 38.9 Å². The minimum absolute atomic E-state index is 0.0872. The lowest BCUT2D eigenvalue weighted by Gasteiger charge is -2.24. The highest BCUT2D eigenvalue weighted by molar-refractivity contribution is 9.10. The van der Waals surface area contributed by atoms with Crippen molar-refractivity contribution in [2.24, 2.45) is 0 Å². The van der Waals surface area contributed by atoms with Crippen LogP contribution in [0.1, 0.15) is 34.3 Å². The number of carbonyl (C=O) groups is 1. The normalized spacial score (nSPS) is 16.6. The van der Waals surface area contributed by atoms with Gasteiger partial charge in [0, 0.05) is 31.4 Å². The van der Waals surface area contributed by atoms with Gasteiger partial charge >= 0.3 is 0 Å². The van der Waals surface area contributed by atoms with Gasteiger partial charge in [0.1, 0.15) is 11.6 Å². The van der Waals surface area contributed by atoms with E-state index >= 15 is 0 Å². The number of halogens is 1. The molecule has 4 heterocycles. The van der Waals surface area contributed by atoms with Crippen LogP contribution in [0.2, 0.25) is 0 Å². The van der Waals surface area contributed by atoms with E-state index in [-0.39, 0.29) is 11.9 Å². The summed E-state index contributed by atoms with van der Waals surface area (Å²) in [5.74, 6) is 1.93. The molecular formula is C17H18BrN5O2. The van der Waals surface area contributed by atoms with Gasteiger partial charge in [-0.15, -0.1) is 0 Å². The Morgan fingerprint density at radius 1 is 1.44 bits per heavy atom. The monoisotopic (exact) mass is 403 g/mol. The number of fused-ring (bicyclic) bond motifs is 1. The first-order chi connectivity index (χ1) is 12.1. The van der Waals surface area contributed by atoms with E-state index in [0.29, 0.717) is 18.1 Å². The lowest BCUT2D eigenvalue weighted by molar-refractivity contribution is 0.0897. The molecule has 4 rings (SSSR count). The molecule has 0 spiro atoms. The van der Waals surface area contributed by atoms with Crippen molar-refractivity contribution in [2.75, 3.05) is 0 Å². The second-order valence-electron chi connectivity index (χ2n) is 6.28. The summed E-state index contributed by atoms with van der Waals surface area (Å²) in [6.45, 7) is 3.22. The zero-order valence-corrected chi connectivity index (χ0v) is 15.4. The van der Waals surface area contributed by atoms with Crippen LogP contribution >= 0.6 is 15.9 Å². The van der Waals surface area contributed by atoms with Crippen molar-refractivity contribution < 1.29 is 9.21 Å². The van der Waals surface area contributed by atoms with Gasteiger partial charge in [-0.05, 0) is 41.4 Å². The first kappa shape index (κ1) is 16.1. The highest BCUT2D eigenvalue weighted by atomic mass is 79.9. The van der Waals surface area contributed by atoms with Crippen molar-refractivity contribution in [1.82, 2.24) is 24.6 Å². The minimum atomic E-state index is -0.182. The number of carbonyl (C=O) groups excluding carboxylic acids is 1. The molecule has 130 valence electrons. The zero-order chi connectivity index (χ0) is 17.4. The molecule has 0 aliphatic carbocycles. The summed E-state index contributed by atoms with van der Waals surface area (Å²) in [6.07, 6.45) is 7.36. The summed E-state index contributed by atoms with van der Waals surface area (Å²) in [4.78, 5) is 16.9. The maximum Gasteiger partial charge on any atom is 0.287 e. The SMILES string of the molecule is Cc1cn2c(n1)CCC(NC(=O)c1ccc(Cn3cc(Br)cn3)o1)C2. The molecule has 0 saturated carbocycles. The molecule has 8 heteroatoms. The third-order valence-electron chi connectivity index (χ3n) is 4.25. The van der Waals surface area contributed by atoms with Crippen LogP contribution < -0.4 is 5.32 Å². The molecule has 1 amide bonds. The van der Waals surface area contributed by atoms with Gasteiger partial charge < -0.3 is 14.3 Å². The van der Waals surface area contributed by atoms with E-state index in [2.05, 4.69) is 35.9 Å². The molecule has 1 aliphatic heterocycles. The number of hydrogen-bond acceptors (Lipinski definition) is 4. The average Bonchev–Trinajstić information content (AvgIpc) is 3.27. The smallest absolute Gasteiger partial charge is 0.287 e. The Balaban J connectivity index is 1.38. The molecular weight excluding hydrogens is 386 g/mol. The van der Waals surface area contributed by atoms with E-state index in [4.69, 9.17) is 4.42 Å². The summed E-state index contributed by atoms with van der Waals surface area (Å²) < 4.78 is 10.4. The van der Waals surface area contributed by atoms with Crippen LogP contribution in [0, 0.1) is 6.92 Å². The Hall–Kier alpha value is -2.35. The molecule has 0 fully saturated rings. The number of nitrogens with zero attached hydrogens (tertiary/aromatic N) is 4. The van der Waals surface area contributed by atoms with Crippen LogP contribution in [0.3, 0.4) is 0 Å². The number of aromatic nitrogens is 4. The molecule has 1 N–H and O–H groups in total. The second kappa shape index (κ2) is 6.51. The van der Waals surface area contributed by atoms with Gasteiger partial charge in [-0.2, -0.15) is 5.10 Å². The quantitative estimate of drug-likeness (QED) is 0.725. The van der Waals surface area contributed by atoms with Gasteiger partial charge in [-0.1, -0.05) is 0 Å². The maximum absolute atomic E-state index is 12.4. The van der Waals surface area contributed by atoms with Gasteiger partial charge in [0.05, 0.1) is 22.9 Å². The maximum atomic E-state index is 12.4. The molecule has 25 heavy (non-hydrogen) atoms. The Labute approximate surface area is 153 Å². The number of rotatable bonds is 4. The van der Waals surface area contributed by atoms with Crippen LogP contribution in [0.25, 0.3) is 0 Å². The predicted octanol–water partition coefficient (Wildman–Crippen LogP) is 2.54. The Morgan fingerprint density at radius 3 is 3.12 bits per heavy atom. The van der Waals surface area contributed by atoms with Crippen LogP contribution in [0.15, 0.2) is 39.6 Å². The molecule has 1 unspecified atom stereocenters. The molecule has 3 aromatic heterocycles. The summed E-state index contributed by atoms with van der Waals surface area (Å²) >= 11 is 3.36. The Bertz CT molecular complexity index is 910. The molecule has 3 aromatic rings. The van der Waals surface area contributed by atoms with E-state index in [0.717, 1.165) is 35.4 Å². The van der Waals surface area contributed by atoms with Gasteiger partial charge in [0.25, 0.3) is 5.91 Å². The van der Waals surface area contributed by atoms with Gasteiger partial charge in [-0.3, -0.25) is 9.48 Å². The van der Waals surface area contributed by atoms with Gasteiger partial charge in [0.15, 0.2) is 5.76 Å². The van der Waals surface area contributed by atoms with Crippen LogP contribution in [0.5, 0.6) is 0 Å². The number of amides is 1. The summed E-state index contributed by atoms with van der Waals surface area (Å²) in [5, 5.41) is 7.24. The summed E-state index contributed by atoms with van der Waals surface area (Å²) in [7, 11) is 0. The van der Waals surface area contributed by atoms with Crippen molar-refractivity contribution >= 4 is 21.8 Å². The van der Waals surface area contributed by atoms with Crippen molar-refractivity contribution in [3.8, 4) is 0 Å². The average molecular weight is 404 g/mol. The highest BCUT2D eigenvalue weighted by Crippen LogP contribution is 2.16. The number of hydrogen-bond donors (Lipinski definition) is 1. The first-order valence-electron chi connectivity index (χ1n) is 8.17. The predicted molar refractivity (Wildman–Crippen MR) is 94.3 cm³/mol. The van der Waals surface area contributed by atoms with E-state index in [1.165, 1.54) is 0 Å². The fraction of sp³-hybridized carbons (Fsp3) is 0.353. The van der Waals surface area contributed by atoms with E-state index in [1.807, 2.05) is 25.4 Å². The molecule has 0 saturated heterocycles. The number of imidazole rings is 1.